The number of aromatic nitrogens is 2. The molecule has 0 radical (unpaired) electrons. The van der Waals surface area contributed by atoms with Gasteiger partial charge in [-0.25, -0.2) is 0 Å². The second kappa shape index (κ2) is 3.24. The van der Waals surface area contributed by atoms with Crippen molar-refractivity contribution in [2.24, 2.45) is 5.92 Å². The minimum absolute atomic E-state index is 0.317. The zero-order valence-corrected chi connectivity index (χ0v) is 8.35. The Bertz CT molecular complexity index is 488. The lowest BCUT2D eigenvalue weighted by molar-refractivity contribution is 0.298. The highest BCUT2D eigenvalue weighted by Gasteiger charge is 2.19. The summed E-state index contributed by atoms with van der Waals surface area (Å²) in [5, 5.41) is 18.3. The third-order valence-corrected chi connectivity index (χ3v) is 2.94. The molecule has 0 saturated carbocycles. The highest BCUT2D eigenvalue weighted by molar-refractivity contribution is 5.84. The van der Waals surface area contributed by atoms with Gasteiger partial charge in [0.15, 0.2) is 0 Å². The van der Waals surface area contributed by atoms with Gasteiger partial charge in [0.1, 0.15) is 11.3 Å². The Morgan fingerprint density at radius 2 is 2.33 bits per heavy atom. The maximum atomic E-state index is 9.77. The fourth-order valence-corrected chi connectivity index (χ4v) is 1.98. The lowest BCUT2D eigenvalue weighted by atomic mass is 10.0. The first-order valence-electron chi connectivity index (χ1n) is 5.19. The van der Waals surface area contributed by atoms with Crippen LogP contribution in [0.3, 0.4) is 0 Å². The molecule has 3 rings (SSSR count). The van der Waals surface area contributed by atoms with Crippen LogP contribution in [-0.4, -0.2) is 28.0 Å². The Balaban J connectivity index is 2.02. The van der Waals surface area contributed by atoms with Gasteiger partial charge in [0.25, 0.3) is 0 Å². The number of para-hydroxylation sites is 1. The standard InChI is InChI=1S/C11H13N3O/c15-10-3-1-2-9-6-13-14(11(9)10)7-8-4-12-5-8/h1-3,6,8,12,15H,4-5,7H2. The molecule has 1 aromatic carbocycles. The Morgan fingerprint density at radius 1 is 1.47 bits per heavy atom. The largest absolute Gasteiger partial charge is 0.506 e. The fraction of sp³-hybridized carbons (Fsp3) is 0.364. The van der Waals surface area contributed by atoms with Crippen LogP contribution in [0.4, 0.5) is 0 Å². The summed E-state index contributed by atoms with van der Waals surface area (Å²) in [6.45, 7) is 2.98. The molecular weight excluding hydrogens is 190 g/mol. The molecule has 4 heteroatoms. The molecule has 0 amide bonds. The first kappa shape index (κ1) is 8.73. The summed E-state index contributed by atoms with van der Waals surface area (Å²) in [6.07, 6.45) is 1.81. The number of nitrogens with one attached hydrogen (secondary N) is 1. The van der Waals surface area contributed by atoms with Crippen molar-refractivity contribution in [3.05, 3.63) is 24.4 Å². The number of hydrogen-bond donors (Lipinski definition) is 2. The molecule has 4 nitrogen and oxygen atoms in total. The molecule has 1 aliphatic heterocycles. The van der Waals surface area contributed by atoms with Crippen molar-refractivity contribution in [2.45, 2.75) is 6.54 Å². The van der Waals surface area contributed by atoms with Gasteiger partial charge in [0, 0.05) is 30.9 Å². The van der Waals surface area contributed by atoms with Crippen molar-refractivity contribution < 1.29 is 5.11 Å². The number of rotatable bonds is 2. The first-order chi connectivity index (χ1) is 7.34. The highest BCUT2D eigenvalue weighted by Crippen LogP contribution is 2.24. The quantitative estimate of drug-likeness (QED) is 0.764. The average Bonchev–Trinajstić information content (AvgIpc) is 2.56. The summed E-state index contributed by atoms with van der Waals surface area (Å²) in [5.41, 5.74) is 0.851. The molecule has 2 N–H and O–H groups in total. The van der Waals surface area contributed by atoms with Crippen LogP contribution in [0, 0.1) is 5.92 Å². The first-order valence-corrected chi connectivity index (χ1v) is 5.19. The average molecular weight is 203 g/mol. The van der Waals surface area contributed by atoms with E-state index in [0.29, 0.717) is 11.7 Å². The zero-order chi connectivity index (χ0) is 10.3. The lowest BCUT2D eigenvalue weighted by Gasteiger charge is -2.27. The van der Waals surface area contributed by atoms with E-state index in [1.54, 1.807) is 12.3 Å². The fourth-order valence-electron chi connectivity index (χ4n) is 1.98. The molecule has 1 aromatic heterocycles. The van der Waals surface area contributed by atoms with Crippen molar-refractivity contribution in [2.75, 3.05) is 13.1 Å². The normalized spacial score (nSPS) is 16.8. The minimum atomic E-state index is 0.317. The number of fused-ring (bicyclic) bond motifs is 1. The van der Waals surface area contributed by atoms with Gasteiger partial charge < -0.3 is 10.4 Å². The van der Waals surface area contributed by atoms with Gasteiger partial charge in [-0.1, -0.05) is 12.1 Å². The summed E-state index contributed by atoms with van der Waals surface area (Å²) in [5.74, 6) is 0.963. The van der Waals surface area contributed by atoms with Crippen LogP contribution in [0.5, 0.6) is 5.75 Å². The third kappa shape index (κ3) is 1.37. The van der Waals surface area contributed by atoms with Crippen LogP contribution >= 0.6 is 0 Å². The number of phenols is 1. The summed E-state index contributed by atoms with van der Waals surface area (Å²) in [7, 11) is 0. The highest BCUT2D eigenvalue weighted by atomic mass is 16.3. The molecule has 15 heavy (non-hydrogen) atoms. The van der Waals surface area contributed by atoms with E-state index in [-0.39, 0.29) is 0 Å². The Morgan fingerprint density at radius 3 is 3.07 bits per heavy atom. The second-order valence-corrected chi connectivity index (χ2v) is 4.07. The van der Waals surface area contributed by atoms with E-state index >= 15 is 0 Å². The van der Waals surface area contributed by atoms with E-state index < -0.39 is 0 Å². The molecule has 0 aliphatic carbocycles. The molecule has 1 aliphatic rings. The van der Waals surface area contributed by atoms with E-state index in [0.717, 1.165) is 30.5 Å². The van der Waals surface area contributed by atoms with Crippen molar-refractivity contribution in [3.8, 4) is 5.75 Å². The van der Waals surface area contributed by atoms with Crippen LogP contribution < -0.4 is 5.32 Å². The molecule has 0 unspecified atom stereocenters. The van der Waals surface area contributed by atoms with E-state index in [1.165, 1.54) is 0 Å². The number of benzene rings is 1. The van der Waals surface area contributed by atoms with Gasteiger partial charge in [0.2, 0.25) is 0 Å². The molecule has 1 saturated heterocycles. The molecule has 0 bridgehead atoms. The lowest BCUT2D eigenvalue weighted by Crippen LogP contribution is -2.44. The van der Waals surface area contributed by atoms with Crippen LogP contribution in [0.2, 0.25) is 0 Å². The smallest absolute Gasteiger partial charge is 0.141 e. The van der Waals surface area contributed by atoms with Gasteiger partial charge in [0.05, 0.1) is 6.20 Å². The second-order valence-electron chi connectivity index (χ2n) is 4.07. The maximum absolute atomic E-state index is 9.77. The van der Waals surface area contributed by atoms with Crippen LogP contribution in [0.15, 0.2) is 24.4 Å². The van der Waals surface area contributed by atoms with Gasteiger partial charge in [-0.05, 0) is 6.07 Å². The Labute approximate surface area is 87.5 Å². The number of nitrogens with zero attached hydrogens (tertiary/aromatic N) is 2. The summed E-state index contributed by atoms with van der Waals surface area (Å²) < 4.78 is 1.90. The number of hydrogen-bond acceptors (Lipinski definition) is 3. The van der Waals surface area contributed by atoms with Crippen molar-refractivity contribution >= 4 is 10.9 Å². The topological polar surface area (TPSA) is 50.1 Å². The van der Waals surface area contributed by atoms with E-state index in [9.17, 15) is 5.11 Å². The van der Waals surface area contributed by atoms with Crippen molar-refractivity contribution in [3.63, 3.8) is 0 Å². The molecule has 78 valence electrons. The molecule has 2 heterocycles. The molecule has 1 fully saturated rings. The van der Waals surface area contributed by atoms with Gasteiger partial charge in [-0.2, -0.15) is 5.10 Å². The Hall–Kier alpha value is -1.55. The van der Waals surface area contributed by atoms with Crippen molar-refractivity contribution in [1.29, 1.82) is 0 Å². The number of phenolic OH excluding ortho intramolecular Hbond substituents is 1. The van der Waals surface area contributed by atoms with Crippen LogP contribution in [-0.2, 0) is 6.54 Å². The zero-order valence-electron chi connectivity index (χ0n) is 8.35. The maximum Gasteiger partial charge on any atom is 0.141 e. The van der Waals surface area contributed by atoms with Gasteiger partial charge in [-0.15, -0.1) is 0 Å². The van der Waals surface area contributed by atoms with E-state index in [1.807, 2.05) is 16.8 Å². The molecule has 0 atom stereocenters. The predicted molar refractivity (Wildman–Crippen MR) is 57.8 cm³/mol. The van der Waals surface area contributed by atoms with Crippen LogP contribution in [0.25, 0.3) is 10.9 Å². The summed E-state index contributed by atoms with van der Waals surface area (Å²) in [6, 6.07) is 5.52. The molecular formula is C11H13N3O. The summed E-state index contributed by atoms with van der Waals surface area (Å²) >= 11 is 0. The summed E-state index contributed by atoms with van der Waals surface area (Å²) in [4.78, 5) is 0. The SMILES string of the molecule is Oc1cccc2cnn(CC3CNC3)c12. The third-order valence-electron chi connectivity index (χ3n) is 2.94. The molecule has 0 spiro atoms. The minimum Gasteiger partial charge on any atom is -0.506 e. The monoisotopic (exact) mass is 203 g/mol. The van der Waals surface area contributed by atoms with Crippen molar-refractivity contribution in [1.82, 2.24) is 15.1 Å². The predicted octanol–water partition coefficient (Wildman–Crippen LogP) is 0.961. The van der Waals surface area contributed by atoms with Crippen LogP contribution in [0.1, 0.15) is 0 Å². The van der Waals surface area contributed by atoms with Gasteiger partial charge in [-0.3, -0.25) is 4.68 Å². The molecule has 2 aromatic rings. The van der Waals surface area contributed by atoms with Gasteiger partial charge >= 0.3 is 0 Å². The van der Waals surface area contributed by atoms with E-state index in [4.69, 9.17) is 0 Å². The Kier molecular flexibility index (Phi) is 1.89. The number of aromatic hydroxyl groups is 1. The van der Waals surface area contributed by atoms with E-state index in [2.05, 4.69) is 10.4 Å².